The molecule has 0 fully saturated rings. The number of nitro benzene ring substituents is 1. The summed E-state index contributed by atoms with van der Waals surface area (Å²) in [4.78, 5) is 10.1. The summed E-state index contributed by atoms with van der Waals surface area (Å²) in [7, 11) is 0. The lowest BCUT2D eigenvalue weighted by molar-refractivity contribution is -0.384. The second kappa shape index (κ2) is 6.82. The Bertz CT molecular complexity index is 382. The number of anilines is 1. The van der Waals surface area contributed by atoms with E-state index < -0.39 is 4.92 Å². The van der Waals surface area contributed by atoms with Crippen LogP contribution in [0, 0.1) is 17.0 Å². The zero-order valence-corrected chi connectivity index (χ0v) is 9.68. The standard InChI is InChI=1S/C11H16N2O4/c1-9-8-10(13(15)16)2-3-11(9)12-4-6-17-7-5-14/h2-3,8,12,14H,4-7H2,1H3. The zero-order valence-electron chi connectivity index (χ0n) is 9.68. The molecule has 94 valence electrons. The molecule has 0 amide bonds. The minimum Gasteiger partial charge on any atom is -0.394 e. The van der Waals surface area contributed by atoms with E-state index in [0.717, 1.165) is 11.3 Å². The molecule has 0 aliphatic heterocycles. The molecule has 0 radical (unpaired) electrons. The lowest BCUT2D eigenvalue weighted by Gasteiger charge is -2.09. The molecule has 0 aliphatic carbocycles. The molecule has 0 heterocycles. The fraction of sp³-hybridized carbons (Fsp3) is 0.455. The molecule has 0 atom stereocenters. The summed E-state index contributed by atoms with van der Waals surface area (Å²) in [6.45, 7) is 3.22. The number of aliphatic hydroxyl groups excluding tert-OH is 1. The van der Waals surface area contributed by atoms with Crippen LogP contribution < -0.4 is 5.32 Å². The summed E-state index contributed by atoms with van der Waals surface area (Å²) >= 11 is 0. The molecule has 1 aromatic carbocycles. The number of aryl methyl sites for hydroxylation is 1. The number of aliphatic hydroxyl groups is 1. The molecule has 6 nitrogen and oxygen atoms in total. The van der Waals surface area contributed by atoms with Crippen molar-refractivity contribution in [3.8, 4) is 0 Å². The van der Waals surface area contributed by atoms with E-state index in [-0.39, 0.29) is 12.3 Å². The molecule has 6 heteroatoms. The van der Waals surface area contributed by atoms with Gasteiger partial charge in [0.05, 0.1) is 24.7 Å². The molecular weight excluding hydrogens is 224 g/mol. The van der Waals surface area contributed by atoms with Gasteiger partial charge in [0.1, 0.15) is 0 Å². The van der Waals surface area contributed by atoms with Crippen molar-refractivity contribution in [3.63, 3.8) is 0 Å². The Morgan fingerprint density at radius 2 is 2.24 bits per heavy atom. The van der Waals surface area contributed by atoms with E-state index in [1.165, 1.54) is 12.1 Å². The summed E-state index contributed by atoms with van der Waals surface area (Å²) in [5.74, 6) is 0. The van der Waals surface area contributed by atoms with Crippen LogP contribution in [0.1, 0.15) is 5.56 Å². The largest absolute Gasteiger partial charge is 0.394 e. The smallest absolute Gasteiger partial charge is 0.269 e. The number of non-ortho nitro benzene ring substituents is 1. The average molecular weight is 240 g/mol. The van der Waals surface area contributed by atoms with Gasteiger partial charge in [-0.25, -0.2) is 0 Å². The van der Waals surface area contributed by atoms with Gasteiger partial charge in [0.15, 0.2) is 0 Å². The number of nitrogens with zero attached hydrogens (tertiary/aromatic N) is 1. The lowest BCUT2D eigenvalue weighted by atomic mass is 10.2. The number of nitro groups is 1. The molecule has 0 spiro atoms. The minimum absolute atomic E-state index is 0.0105. The Kier molecular flexibility index (Phi) is 5.38. The van der Waals surface area contributed by atoms with Gasteiger partial charge in [0.25, 0.3) is 5.69 Å². The van der Waals surface area contributed by atoms with E-state index >= 15 is 0 Å². The summed E-state index contributed by atoms with van der Waals surface area (Å²) in [6, 6.07) is 4.67. The van der Waals surface area contributed by atoms with E-state index in [9.17, 15) is 10.1 Å². The van der Waals surface area contributed by atoms with Crippen LogP contribution in [0.25, 0.3) is 0 Å². The fourth-order valence-corrected chi connectivity index (χ4v) is 1.38. The Morgan fingerprint density at radius 1 is 1.47 bits per heavy atom. The third-order valence-electron chi connectivity index (χ3n) is 2.22. The van der Waals surface area contributed by atoms with Crippen molar-refractivity contribution in [2.24, 2.45) is 0 Å². The predicted molar refractivity (Wildman–Crippen MR) is 64.2 cm³/mol. The van der Waals surface area contributed by atoms with Crippen LogP contribution in [0.15, 0.2) is 18.2 Å². The van der Waals surface area contributed by atoms with Crippen LogP contribution in [0.5, 0.6) is 0 Å². The summed E-state index contributed by atoms with van der Waals surface area (Å²) in [6.07, 6.45) is 0. The Balaban J connectivity index is 2.46. The quantitative estimate of drug-likeness (QED) is 0.426. The van der Waals surface area contributed by atoms with Crippen molar-refractivity contribution in [3.05, 3.63) is 33.9 Å². The zero-order chi connectivity index (χ0) is 12.7. The van der Waals surface area contributed by atoms with Gasteiger partial charge in [-0.3, -0.25) is 10.1 Å². The van der Waals surface area contributed by atoms with Crippen molar-refractivity contribution < 1.29 is 14.8 Å². The molecule has 0 saturated carbocycles. The van der Waals surface area contributed by atoms with Crippen molar-refractivity contribution in [1.82, 2.24) is 0 Å². The number of nitrogens with one attached hydrogen (secondary N) is 1. The Morgan fingerprint density at radius 3 is 2.82 bits per heavy atom. The fourth-order valence-electron chi connectivity index (χ4n) is 1.38. The molecule has 0 saturated heterocycles. The highest BCUT2D eigenvalue weighted by Crippen LogP contribution is 2.20. The van der Waals surface area contributed by atoms with Crippen LogP contribution in [-0.2, 0) is 4.74 Å². The minimum atomic E-state index is -0.416. The van der Waals surface area contributed by atoms with E-state index in [0.29, 0.717) is 19.8 Å². The van der Waals surface area contributed by atoms with Gasteiger partial charge in [-0.05, 0) is 18.6 Å². The molecule has 1 aromatic rings. The SMILES string of the molecule is Cc1cc([N+](=O)[O-])ccc1NCCOCCO. The molecule has 2 N–H and O–H groups in total. The van der Waals surface area contributed by atoms with Crippen molar-refractivity contribution >= 4 is 11.4 Å². The highest BCUT2D eigenvalue weighted by Gasteiger charge is 2.07. The first-order chi connectivity index (χ1) is 8.15. The molecule has 0 aromatic heterocycles. The van der Waals surface area contributed by atoms with Crippen LogP contribution >= 0.6 is 0 Å². The lowest BCUT2D eigenvalue weighted by Crippen LogP contribution is -2.11. The monoisotopic (exact) mass is 240 g/mol. The summed E-state index contributed by atoms with van der Waals surface area (Å²) < 4.78 is 5.09. The number of benzene rings is 1. The third kappa shape index (κ3) is 4.38. The van der Waals surface area contributed by atoms with Gasteiger partial charge >= 0.3 is 0 Å². The highest BCUT2D eigenvalue weighted by atomic mass is 16.6. The van der Waals surface area contributed by atoms with Gasteiger partial charge in [-0.15, -0.1) is 0 Å². The van der Waals surface area contributed by atoms with E-state index in [1.807, 2.05) is 6.92 Å². The molecular formula is C11H16N2O4. The van der Waals surface area contributed by atoms with E-state index in [1.54, 1.807) is 6.07 Å². The maximum atomic E-state index is 10.5. The molecule has 0 bridgehead atoms. The van der Waals surface area contributed by atoms with E-state index in [4.69, 9.17) is 9.84 Å². The maximum absolute atomic E-state index is 10.5. The van der Waals surface area contributed by atoms with Crippen LogP contribution in [0.4, 0.5) is 11.4 Å². The number of ether oxygens (including phenoxy) is 1. The van der Waals surface area contributed by atoms with Gasteiger partial charge in [-0.1, -0.05) is 0 Å². The molecule has 0 aliphatic rings. The van der Waals surface area contributed by atoms with Crippen LogP contribution in [0.3, 0.4) is 0 Å². The first-order valence-corrected chi connectivity index (χ1v) is 5.32. The van der Waals surface area contributed by atoms with Gasteiger partial charge in [0, 0.05) is 24.4 Å². The summed E-state index contributed by atoms with van der Waals surface area (Å²) in [5.41, 5.74) is 1.76. The first kappa shape index (κ1) is 13.4. The number of rotatable bonds is 7. The first-order valence-electron chi connectivity index (χ1n) is 5.32. The van der Waals surface area contributed by atoms with E-state index in [2.05, 4.69) is 5.32 Å². The van der Waals surface area contributed by atoms with Crippen molar-refractivity contribution in [2.45, 2.75) is 6.92 Å². The second-order valence-electron chi connectivity index (χ2n) is 3.52. The average Bonchev–Trinajstić information content (AvgIpc) is 2.30. The molecule has 0 unspecified atom stereocenters. The Labute approximate surface area is 99.4 Å². The van der Waals surface area contributed by atoms with Crippen molar-refractivity contribution in [2.75, 3.05) is 31.7 Å². The molecule has 17 heavy (non-hydrogen) atoms. The third-order valence-corrected chi connectivity index (χ3v) is 2.22. The highest BCUT2D eigenvalue weighted by molar-refractivity contribution is 5.55. The van der Waals surface area contributed by atoms with Gasteiger partial charge in [0.2, 0.25) is 0 Å². The normalized spacial score (nSPS) is 10.2. The van der Waals surface area contributed by atoms with Gasteiger partial charge < -0.3 is 15.2 Å². The topological polar surface area (TPSA) is 84.6 Å². The van der Waals surface area contributed by atoms with Crippen molar-refractivity contribution in [1.29, 1.82) is 0 Å². The van der Waals surface area contributed by atoms with Gasteiger partial charge in [-0.2, -0.15) is 0 Å². The predicted octanol–water partition coefficient (Wildman–Crippen LogP) is 1.32. The van der Waals surface area contributed by atoms with Crippen LogP contribution in [0.2, 0.25) is 0 Å². The van der Waals surface area contributed by atoms with Crippen LogP contribution in [-0.4, -0.2) is 36.4 Å². The Hall–Kier alpha value is -1.66. The summed E-state index contributed by atoms with van der Waals surface area (Å²) in [5, 5.41) is 22.1. The number of hydrogen-bond donors (Lipinski definition) is 2. The maximum Gasteiger partial charge on any atom is 0.269 e. The number of hydrogen-bond acceptors (Lipinski definition) is 5. The molecule has 1 rings (SSSR count). The second-order valence-corrected chi connectivity index (χ2v) is 3.52.